The SMILES string of the molecule is CCOC(=O)C(=Cc1csc(C)n1)N=[N+]=[N-]. The molecule has 84 valence electrons. The van der Waals surface area contributed by atoms with E-state index in [-0.39, 0.29) is 12.3 Å². The fourth-order valence-electron chi connectivity index (χ4n) is 0.968. The molecule has 1 heterocycles. The minimum absolute atomic E-state index is 0.0883. The molecule has 0 saturated heterocycles. The molecule has 0 aliphatic carbocycles. The van der Waals surface area contributed by atoms with Gasteiger partial charge < -0.3 is 4.74 Å². The Bertz CT molecular complexity index is 460. The highest BCUT2D eigenvalue weighted by atomic mass is 32.1. The normalized spacial score (nSPS) is 10.8. The number of esters is 1. The van der Waals surface area contributed by atoms with Crippen molar-refractivity contribution in [1.29, 1.82) is 0 Å². The van der Waals surface area contributed by atoms with Crippen LogP contribution in [0.15, 0.2) is 16.2 Å². The lowest BCUT2D eigenvalue weighted by Crippen LogP contribution is -2.05. The molecule has 0 spiro atoms. The van der Waals surface area contributed by atoms with Gasteiger partial charge in [-0.3, -0.25) is 0 Å². The Morgan fingerprint density at radius 3 is 3.06 bits per heavy atom. The molecule has 0 bridgehead atoms. The van der Waals surface area contributed by atoms with Gasteiger partial charge in [-0.15, -0.1) is 11.3 Å². The first-order valence-electron chi connectivity index (χ1n) is 4.53. The minimum Gasteiger partial charge on any atom is -0.462 e. The largest absolute Gasteiger partial charge is 0.462 e. The van der Waals surface area contributed by atoms with Gasteiger partial charge >= 0.3 is 5.97 Å². The van der Waals surface area contributed by atoms with Crippen molar-refractivity contribution in [2.45, 2.75) is 13.8 Å². The van der Waals surface area contributed by atoms with Crippen LogP contribution in [0.3, 0.4) is 0 Å². The maximum atomic E-state index is 11.4. The number of hydrogen-bond acceptors (Lipinski definition) is 5. The second-order valence-corrected chi connectivity index (χ2v) is 3.79. The molecule has 0 fully saturated rings. The molecule has 0 aromatic carbocycles. The Hall–Kier alpha value is -1.85. The van der Waals surface area contributed by atoms with E-state index in [0.717, 1.165) is 5.01 Å². The van der Waals surface area contributed by atoms with Gasteiger partial charge in [0.15, 0.2) is 0 Å². The van der Waals surface area contributed by atoms with Gasteiger partial charge in [0.05, 0.1) is 17.3 Å². The number of thiazole rings is 1. The predicted molar refractivity (Wildman–Crippen MR) is 60.6 cm³/mol. The molecule has 0 N–H and O–H groups in total. The summed E-state index contributed by atoms with van der Waals surface area (Å²) in [6, 6.07) is 0. The van der Waals surface area contributed by atoms with Crippen LogP contribution in [0.4, 0.5) is 0 Å². The van der Waals surface area contributed by atoms with Crippen molar-refractivity contribution in [1.82, 2.24) is 4.98 Å². The number of aryl methyl sites for hydroxylation is 1. The third-order valence-electron chi connectivity index (χ3n) is 1.56. The molecule has 0 unspecified atom stereocenters. The van der Waals surface area contributed by atoms with Gasteiger partial charge in [0.25, 0.3) is 0 Å². The lowest BCUT2D eigenvalue weighted by molar-refractivity contribution is -0.138. The van der Waals surface area contributed by atoms with Crippen molar-refractivity contribution < 1.29 is 9.53 Å². The molecule has 1 rings (SSSR count). The molecule has 1 aromatic rings. The fraction of sp³-hybridized carbons (Fsp3) is 0.333. The minimum atomic E-state index is -0.647. The number of carbonyl (C=O) groups is 1. The summed E-state index contributed by atoms with van der Waals surface area (Å²) in [5.41, 5.74) is 8.82. The molecule has 1 aromatic heterocycles. The standard InChI is InChI=1S/C9H10N4O2S/c1-3-15-9(14)8(12-13-10)4-7-5-16-6(2)11-7/h4-5H,3H2,1-2H3. The van der Waals surface area contributed by atoms with Gasteiger partial charge in [-0.05, 0) is 25.5 Å². The van der Waals surface area contributed by atoms with E-state index in [1.165, 1.54) is 17.4 Å². The molecule has 0 atom stereocenters. The van der Waals surface area contributed by atoms with Crippen molar-refractivity contribution in [3.63, 3.8) is 0 Å². The summed E-state index contributed by atoms with van der Waals surface area (Å²) in [6.45, 7) is 3.76. The number of ether oxygens (including phenoxy) is 1. The Balaban J connectivity index is 2.97. The molecule has 6 nitrogen and oxygen atoms in total. The Morgan fingerprint density at radius 1 is 1.81 bits per heavy atom. The van der Waals surface area contributed by atoms with E-state index in [0.29, 0.717) is 5.69 Å². The maximum Gasteiger partial charge on any atom is 0.340 e. The first-order valence-corrected chi connectivity index (χ1v) is 5.41. The van der Waals surface area contributed by atoms with Gasteiger partial charge in [-0.25, -0.2) is 9.78 Å². The van der Waals surface area contributed by atoms with E-state index >= 15 is 0 Å². The molecule has 0 saturated carbocycles. The highest BCUT2D eigenvalue weighted by Crippen LogP contribution is 2.13. The van der Waals surface area contributed by atoms with E-state index in [4.69, 9.17) is 10.3 Å². The Labute approximate surface area is 96.2 Å². The zero-order valence-electron chi connectivity index (χ0n) is 8.88. The van der Waals surface area contributed by atoms with E-state index in [9.17, 15) is 4.79 Å². The van der Waals surface area contributed by atoms with Crippen molar-refractivity contribution in [2.75, 3.05) is 6.61 Å². The van der Waals surface area contributed by atoms with Crippen LogP contribution >= 0.6 is 11.3 Å². The van der Waals surface area contributed by atoms with Crippen molar-refractivity contribution in [2.24, 2.45) is 5.11 Å². The molecule has 0 aliphatic rings. The van der Waals surface area contributed by atoms with Crippen LogP contribution in [0.1, 0.15) is 17.6 Å². The average Bonchev–Trinajstić information content (AvgIpc) is 2.64. The smallest absolute Gasteiger partial charge is 0.340 e. The molecule has 0 aliphatic heterocycles. The molecule has 16 heavy (non-hydrogen) atoms. The summed E-state index contributed by atoms with van der Waals surface area (Å²) < 4.78 is 4.74. The van der Waals surface area contributed by atoms with Crippen LogP contribution in [0, 0.1) is 6.92 Å². The lowest BCUT2D eigenvalue weighted by atomic mass is 10.3. The summed E-state index contributed by atoms with van der Waals surface area (Å²) in [6.07, 6.45) is 1.40. The highest BCUT2D eigenvalue weighted by molar-refractivity contribution is 7.09. The molecular formula is C9H10N4O2S. The quantitative estimate of drug-likeness (QED) is 0.265. The zero-order valence-corrected chi connectivity index (χ0v) is 9.69. The van der Waals surface area contributed by atoms with Crippen LogP contribution in [0.2, 0.25) is 0 Å². The van der Waals surface area contributed by atoms with E-state index in [1.807, 2.05) is 6.92 Å². The number of aromatic nitrogens is 1. The number of azide groups is 1. The molecular weight excluding hydrogens is 228 g/mol. The van der Waals surface area contributed by atoms with E-state index < -0.39 is 5.97 Å². The summed E-state index contributed by atoms with van der Waals surface area (Å²) in [7, 11) is 0. The summed E-state index contributed by atoms with van der Waals surface area (Å²) >= 11 is 1.45. The lowest BCUT2D eigenvalue weighted by Gasteiger charge is -1.99. The first-order chi connectivity index (χ1) is 7.67. The third-order valence-corrected chi connectivity index (χ3v) is 2.35. The average molecular weight is 238 g/mol. The van der Waals surface area contributed by atoms with Gasteiger partial charge in [0.1, 0.15) is 5.70 Å². The zero-order chi connectivity index (χ0) is 12.0. The number of carbonyl (C=O) groups excluding carboxylic acids is 1. The van der Waals surface area contributed by atoms with Crippen LogP contribution in [-0.4, -0.2) is 17.6 Å². The van der Waals surface area contributed by atoms with Crippen LogP contribution in [0.25, 0.3) is 16.5 Å². The topological polar surface area (TPSA) is 88.0 Å². The Morgan fingerprint density at radius 2 is 2.56 bits per heavy atom. The predicted octanol–water partition coefficient (Wildman–Crippen LogP) is 2.67. The van der Waals surface area contributed by atoms with Gasteiger partial charge in [-0.2, -0.15) is 0 Å². The van der Waals surface area contributed by atoms with Gasteiger partial charge in [0, 0.05) is 10.3 Å². The second kappa shape index (κ2) is 5.89. The van der Waals surface area contributed by atoms with Crippen LogP contribution < -0.4 is 0 Å². The van der Waals surface area contributed by atoms with E-state index in [1.54, 1.807) is 12.3 Å². The summed E-state index contributed by atoms with van der Waals surface area (Å²) in [5, 5.41) is 5.92. The number of nitrogens with zero attached hydrogens (tertiary/aromatic N) is 4. The maximum absolute atomic E-state index is 11.4. The molecule has 7 heteroatoms. The molecule has 0 amide bonds. The fourth-order valence-corrected chi connectivity index (χ4v) is 1.54. The highest BCUT2D eigenvalue weighted by Gasteiger charge is 2.09. The number of rotatable bonds is 4. The van der Waals surface area contributed by atoms with Crippen molar-refractivity contribution in [3.05, 3.63) is 32.2 Å². The Kier molecular flexibility index (Phi) is 4.50. The first kappa shape index (κ1) is 12.2. The monoisotopic (exact) mass is 238 g/mol. The van der Waals surface area contributed by atoms with Gasteiger partial charge in [0.2, 0.25) is 0 Å². The summed E-state index contributed by atoms with van der Waals surface area (Å²) in [4.78, 5) is 18.1. The van der Waals surface area contributed by atoms with Crippen molar-refractivity contribution >= 4 is 23.4 Å². The van der Waals surface area contributed by atoms with Crippen LogP contribution in [0.5, 0.6) is 0 Å². The van der Waals surface area contributed by atoms with Crippen LogP contribution in [-0.2, 0) is 9.53 Å². The van der Waals surface area contributed by atoms with Gasteiger partial charge in [-0.1, -0.05) is 5.11 Å². The third kappa shape index (κ3) is 3.38. The van der Waals surface area contributed by atoms with E-state index in [2.05, 4.69) is 15.0 Å². The molecule has 0 radical (unpaired) electrons. The van der Waals surface area contributed by atoms with Crippen molar-refractivity contribution in [3.8, 4) is 0 Å². The second-order valence-electron chi connectivity index (χ2n) is 2.73. The number of hydrogen-bond donors (Lipinski definition) is 0. The summed E-state index contributed by atoms with van der Waals surface area (Å²) in [5.74, 6) is -0.647.